The fourth-order valence-corrected chi connectivity index (χ4v) is 2.87. The Labute approximate surface area is 178 Å². The number of amides is 2. The Bertz CT molecular complexity index is 792. The van der Waals surface area contributed by atoms with Crippen LogP contribution < -0.4 is 9.47 Å². The number of fused-ring (bicyclic) bond motifs is 1. The maximum absolute atomic E-state index is 12.6. The molecule has 0 aliphatic carbocycles. The van der Waals surface area contributed by atoms with Crippen LogP contribution in [-0.4, -0.2) is 66.7 Å². The van der Waals surface area contributed by atoms with E-state index in [0.717, 1.165) is 11.3 Å². The molecule has 1 unspecified atom stereocenters. The number of likely N-dealkylation sites (N-methyl/N-ethyl adjacent to an activating group) is 2. The second-order valence-corrected chi connectivity index (χ2v) is 8.26. The number of hydrogen-bond acceptors (Lipinski definition) is 6. The molecule has 0 saturated heterocycles. The molecule has 0 aromatic heterocycles. The molecule has 0 N–H and O–H groups in total. The summed E-state index contributed by atoms with van der Waals surface area (Å²) < 4.78 is 16.0. The highest BCUT2D eigenvalue weighted by molar-refractivity contribution is 5.95. The highest BCUT2D eigenvalue weighted by Crippen LogP contribution is 2.32. The predicted octanol–water partition coefficient (Wildman–Crippen LogP) is 2.39. The highest BCUT2D eigenvalue weighted by atomic mass is 16.7. The first-order valence-corrected chi connectivity index (χ1v) is 10.1. The molecule has 2 amide bonds. The van der Waals surface area contributed by atoms with Crippen LogP contribution in [-0.2, 0) is 25.5 Å². The lowest BCUT2D eigenvalue weighted by atomic mass is 10.1. The second-order valence-electron chi connectivity index (χ2n) is 8.26. The third-order valence-corrected chi connectivity index (χ3v) is 5.36. The largest absolute Gasteiger partial charge is 0.459 e. The van der Waals surface area contributed by atoms with E-state index < -0.39 is 17.5 Å². The summed E-state index contributed by atoms with van der Waals surface area (Å²) in [5.74, 6) is 0.183. The quantitative estimate of drug-likeness (QED) is 0.450. The smallest absolute Gasteiger partial charge is 0.315 e. The average Bonchev–Trinajstić information content (AvgIpc) is 3.14. The van der Waals surface area contributed by atoms with Crippen LogP contribution in [0.5, 0.6) is 11.5 Å². The van der Waals surface area contributed by atoms with Crippen molar-refractivity contribution in [2.45, 2.75) is 58.6 Å². The standard InChI is InChI=1S/C22H32N2O6/c1-7-22(3,4)30-21(27)12-19(25)23(5)13-20(26)24(6)15(2)10-16-8-9-17-18(11-16)29-14-28-17/h8-9,11,15H,7,10,12-14H2,1-6H3. The molecule has 0 radical (unpaired) electrons. The lowest BCUT2D eigenvalue weighted by Gasteiger charge is -2.28. The van der Waals surface area contributed by atoms with Crippen LogP contribution in [0, 0.1) is 0 Å². The molecule has 8 nitrogen and oxygen atoms in total. The van der Waals surface area contributed by atoms with Crippen molar-refractivity contribution >= 4 is 17.8 Å². The number of hydrogen-bond donors (Lipinski definition) is 0. The van der Waals surface area contributed by atoms with Gasteiger partial charge in [-0.15, -0.1) is 0 Å². The molecular weight excluding hydrogens is 388 g/mol. The van der Waals surface area contributed by atoms with Gasteiger partial charge in [-0.2, -0.15) is 0 Å². The average molecular weight is 421 g/mol. The van der Waals surface area contributed by atoms with E-state index in [9.17, 15) is 14.4 Å². The Morgan fingerprint density at radius 1 is 1.13 bits per heavy atom. The van der Waals surface area contributed by atoms with Crippen LogP contribution in [0.15, 0.2) is 18.2 Å². The molecule has 0 bridgehead atoms. The first-order valence-electron chi connectivity index (χ1n) is 10.1. The van der Waals surface area contributed by atoms with Crippen LogP contribution in [0.4, 0.5) is 0 Å². The van der Waals surface area contributed by atoms with E-state index in [1.807, 2.05) is 32.0 Å². The summed E-state index contributed by atoms with van der Waals surface area (Å²) in [6.07, 6.45) is 0.895. The molecule has 8 heteroatoms. The van der Waals surface area contributed by atoms with Crippen LogP contribution >= 0.6 is 0 Å². The summed E-state index contributed by atoms with van der Waals surface area (Å²) >= 11 is 0. The van der Waals surface area contributed by atoms with Crippen molar-refractivity contribution in [3.8, 4) is 11.5 Å². The van der Waals surface area contributed by atoms with Gasteiger partial charge < -0.3 is 24.0 Å². The summed E-state index contributed by atoms with van der Waals surface area (Å²) in [7, 11) is 3.21. The van der Waals surface area contributed by atoms with Crippen molar-refractivity contribution in [2.24, 2.45) is 0 Å². The van der Waals surface area contributed by atoms with Crippen molar-refractivity contribution in [3.05, 3.63) is 23.8 Å². The van der Waals surface area contributed by atoms with Crippen LogP contribution in [0.2, 0.25) is 0 Å². The molecule has 1 aromatic rings. The van der Waals surface area contributed by atoms with Gasteiger partial charge in [-0.05, 0) is 51.3 Å². The van der Waals surface area contributed by atoms with Crippen LogP contribution in [0.1, 0.15) is 46.1 Å². The fourth-order valence-electron chi connectivity index (χ4n) is 2.87. The molecule has 0 fully saturated rings. The third-order valence-electron chi connectivity index (χ3n) is 5.36. The Morgan fingerprint density at radius 3 is 2.47 bits per heavy atom. The maximum atomic E-state index is 12.6. The summed E-state index contributed by atoms with van der Waals surface area (Å²) in [6.45, 7) is 7.54. The number of rotatable bonds is 9. The normalized spacial score (nSPS) is 13.5. The molecular formula is C22H32N2O6. The monoisotopic (exact) mass is 420 g/mol. The van der Waals surface area contributed by atoms with Gasteiger partial charge in [0.2, 0.25) is 18.6 Å². The Balaban J connectivity index is 1.84. The van der Waals surface area contributed by atoms with Gasteiger partial charge in [0, 0.05) is 20.1 Å². The fraction of sp³-hybridized carbons (Fsp3) is 0.591. The summed E-state index contributed by atoms with van der Waals surface area (Å²) in [5.41, 5.74) is 0.410. The summed E-state index contributed by atoms with van der Waals surface area (Å²) in [5, 5.41) is 0. The number of benzene rings is 1. The van der Waals surface area contributed by atoms with Crippen molar-refractivity contribution in [1.29, 1.82) is 0 Å². The van der Waals surface area contributed by atoms with Gasteiger partial charge in [0.1, 0.15) is 12.0 Å². The lowest BCUT2D eigenvalue weighted by molar-refractivity contribution is -0.160. The number of esters is 1. The van der Waals surface area contributed by atoms with E-state index in [2.05, 4.69) is 0 Å². The first kappa shape index (κ1) is 23.5. The molecule has 166 valence electrons. The van der Waals surface area contributed by atoms with Gasteiger partial charge in [0.15, 0.2) is 11.5 Å². The molecule has 0 saturated carbocycles. The second kappa shape index (κ2) is 9.82. The molecule has 1 aromatic carbocycles. The molecule has 2 rings (SSSR count). The number of nitrogens with zero attached hydrogens (tertiary/aromatic N) is 2. The van der Waals surface area contributed by atoms with Gasteiger partial charge >= 0.3 is 5.97 Å². The molecule has 30 heavy (non-hydrogen) atoms. The molecule has 1 heterocycles. The van der Waals surface area contributed by atoms with Gasteiger partial charge in [-0.3, -0.25) is 14.4 Å². The van der Waals surface area contributed by atoms with Crippen molar-refractivity contribution < 1.29 is 28.6 Å². The predicted molar refractivity (Wildman–Crippen MR) is 111 cm³/mol. The zero-order valence-corrected chi connectivity index (χ0v) is 18.7. The molecule has 0 spiro atoms. The summed E-state index contributed by atoms with van der Waals surface area (Å²) in [6, 6.07) is 5.63. The Morgan fingerprint density at radius 2 is 1.80 bits per heavy atom. The molecule has 1 aliphatic rings. The minimum atomic E-state index is -0.615. The Kier molecular flexibility index (Phi) is 7.70. The highest BCUT2D eigenvalue weighted by Gasteiger charge is 2.25. The summed E-state index contributed by atoms with van der Waals surface area (Å²) in [4.78, 5) is 39.7. The van der Waals surface area contributed by atoms with E-state index in [4.69, 9.17) is 14.2 Å². The molecule has 1 atom stereocenters. The number of ether oxygens (including phenoxy) is 3. The minimum Gasteiger partial charge on any atom is -0.459 e. The van der Waals surface area contributed by atoms with Gasteiger partial charge in [0.05, 0.1) is 6.54 Å². The lowest BCUT2D eigenvalue weighted by Crippen LogP contribution is -2.44. The van der Waals surface area contributed by atoms with E-state index >= 15 is 0 Å². The first-order chi connectivity index (χ1) is 14.0. The van der Waals surface area contributed by atoms with E-state index in [0.29, 0.717) is 18.6 Å². The number of carbonyl (C=O) groups is 3. The maximum Gasteiger partial charge on any atom is 0.315 e. The van der Waals surface area contributed by atoms with Gasteiger partial charge in [0.25, 0.3) is 0 Å². The molecule has 1 aliphatic heterocycles. The SMILES string of the molecule is CCC(C)(C)OC(=O)CC(=O)N(C)CC(=O)N(C)C(C)Cc1ccc2c(c1)OCO2. The van der Waals surface area contributed by atoms with E-state index in [-0.39, 0.29) is 31.7 Å². The van der Waals surface area contributed by atoms with Crippen molar-refractivity contribution in [3.63, 3.8) is 0 Å². The number of carbonyl (C=O) groups excluding carboxylic acids is 3. The third kappa shape index (κ3) is 6.37. The van der Waals surface area contributed by atoms with E-state index in [1.165, 1.54) is 11.9 Å². The Hall–Kier alpha value is -2.77. The minimum absolute atomic E-state index is 0.0864. The van der Waals surface area contributed by atoms with Crippen LogP contribution in [0.25, 0.3) is 0 Å². The van der Waals surface area contributed by atoms with E-state index in [1.54, 1.807) is 25.8 Å². The topological polar surface area (TPSA) is 85.4 Å². The van der Waals surface area contributed by atoms with Crippen LogP contribution in [0.3, 0.4) is 0 Å². The van der Waals surface area contributed by atoms with Gasteiger partial charge in [-0.25, -0.2) is 0 Å². The van der Waals surface area contributed by atoms with Gasteiger partial charge in [-0.1, -0.05) is 13.0 Å². The zero-order valence-electron chi connectivity index (χ0n) is 18.7. The zero-order chi connectivity index (χ0) is 22.5. The van der Waals surface area contributed by atoms with Crippen molar-refractivity contribution in [2.75, 3.05) is 27.4 Å². The van der Waals surface area contributed by atoms with Crippen molar-refractivity contribution in [1.82, 2.24) is 9.80 Å².